The molecule has 0 bridgehead atoms. The highest BCUT2D eigenvalue weighted by molar-refractivity contribution is 6.07. The number of benzene rings is 3. The van der Waals surface area contributed by atoms with Crippen molar-refractivity contribution in [3.63, 3.8) is 0 Å². The summed E-state index contributed by atoms with van der Waals surface area (Å²) in [6, 6.07) is 14.5. The molecule has 2 atom stereocenters. The van der Waals surface area contributed by atoms with Crippen LogP contribution >= 0.6 is 0 Å². The predicted octanol–water partition coefficient (Wildman–Crippen LogP) is 7.93. The first kappa shape index (κ1) is 35.6. The Hall–Kier alpha value is -4.26. The molecule has 3 aromatic carbocycles. The maximum absolute atomic E-state index is 13.5. The van der Waals surface area contributed by atoms with Crippen LogP contribution in [0.2, 0.25) is 0 Å². The first-order valence-electron chi connectivity index (χ1n) is 15.0. The SMILES string of the molecule is CCCc1cc(C(O)(C(F)(F)F)C(F)(F)F)ccc1Oc1ccc(CC(C)N2C(=O)NC(C)(c3ccc(OC(C)C)cc3)C2=O)cc1. The monoisotopic (exact) mass is 666 g/mol. The van der Waals surface area contributed by atoms with Crippen molar-refractivity contribution in [2.45, 2.75) is 89.5 Å². The van der Waals surface area contributed by atoms with E-state index in [2.05, 4.69) is 5.32 Å². The number of nitrogens with zero attached hydrogens (tertiary/aromatic N) is 1. The summed E-state index contributed by atoms with van der Waals surface area (Å²) in [6.45, 7) is 8.85. The van der Waals surface area contributed by atoms with Gasteiger partial charge in [0.2, 0.25) is 0 Å². The highest BCUT2D eigenvalue weighted by Gasteiger charge is 2.71. The molecule has 2 unspecified atom stereocenters. The van der Waals surface area contributed by atoms with Gasteiger partial charge in [-0.2, -0.15) is 26.3 Å². The maximum atomic E-state index is 13.5. The lowest BCUT2D eigenvalue weighted by molar-refractivity contribution is -0.376. The molecule has 3 aromatic rings. The fraction of sp³-hybridized carbons (Fsp3) is 0.412. The minimum Gasteiger partial charge on any atom is -0.491 e. The lowest BCUT2D eigenvalue weighted by Gasteiger charge is -2.33. The molecule has 0 aliphatic carbocycles. The largest absolute Gasteiger partial charge is 0.491 e. The Morgan fingerprint density at radius 3 is 1.98 bits per heavy atom. The number of imide groups is 1. The van der Waals surface area contributed by atoms with E-state index in [9.17, 15) is 41.0 Å². The van der Waals surface area contributed by atoms with Crippen LogP contribution in [0.3, 0.4) is 0 Å². The molecule has 47 heavy (non-hydrogen) atoms. The average Bonchev–Trinajstić information content (AvgIpc) is 3.21. The van der Waals surface area contributed by atoms with Gasteiger partial charge in [0.1, 0.15) is 22.8 Å². The summed E-state index contributed by atoms with van der Waals surface area (Å²) in [5, 5.41) is 12.6. The smallest absolute Gasteiger partial charge is 0.430 e. The van der Waals surface area contributed by atoms with Gasteiger partial charge >= 0.3 is 18.4 Å². The van der Waals surface area contributed by atoms with Crippen LogP contribution in [-0.2, 0) is 28.8 Å². The summed E-state index contributed by atoms with van der Waals surface area (Å²) >= 11 is 0. The molecule has 1 aliphatic rings. The standard InChI is InChI=1S/C34H36F6N2O5/c1-6-7-23-19-25(32(45,33(35,36)37)34(38,39)40)12-17-28(23)47-27-13-8-22(9-14-27)18-21(4)42-29(43)31(5,41-30(42)44)24-10-15-26(16-11-24)46-20(2)3/h8-17,19-21,45H,6-7,18H2,1-5H3,(H,41,44). The number of halogens is 6. The van der Waals surface area contributed by atoms with Crippen LogP contribution in [0.15, 0.2) is 66.7 Å². The zero-order valence-electron chi connectivity index (χ0n) is 26.4. The van der Waals surface area contributed by atoms with Crippen LogP contribution in [0, 0.1) is 0 Å². The molecule has 4 rings (SSSR count). The second-order valence-corrected chi connectivity index (χ2v) is 12.0. The van der Waals surface area contributed by atoms with Crippen LogP contribution in [0.4, 0.5) is 31.1 Å². The minimum atomic E-state index is -6.00. The van der Waals surface area contributed by atoms with Crippen molar-refractivity contribution < 1.29 is 50.5 Å². The number of hydrogen-bond acceptors (Lipinski definition) is 5. The molecule has 7 nitrogen and oxygen atoms in total. The van der Waals surface area contributed by atoms with Crippen LogP contribution in [0.25, 0.3) is 0 Å². The molecule has 1 heterocycles. The lowest BCUT2D eigenvalue weighted by atomic mass is 9.90. The molecule has 0 saturated carbocycles. The fourth-order valence-electron chi connectivity index (χ4n) is 5.51. The summed E-state index contributed by atoms with van der Waals surface area (Å²) in [5.41, 5.74) is -6.29. The number of aliphatic hydroxyl groups is 1. The Kier molecular flexibility index (Phi) is 9.92. The number of carbonyl (C=O) groups excluding carboxylic acids is 2. The number of urea groups is 1. The summed E-state index contributed by atoms with van der Waals surface area (Å²) in [7, 11) is 0. The fourth-order valence-corrected chi connectivity index (χ4v) is 5.51. The van der Waals surface area contributed by atoms with Gasteiger partial charge in [-0.15, -0.1) is 0 Å². The quantitative estimate of drug-likeness (QED) is 0.160. The third-order valence-corrected chi connectivity index (χ3v) is 7.97. The van der Waals surface area contributed by atoms with E-state index in [0.717, 1.165) is 11.6 Å². The molecular weight excluding hydrogens is 630 g/mol. The van der Waals surface area contributed by atoms with Crippen molar-refractivity contribution in [1.82, 2.24) is 10.2 Å². The van der Waals surface area contributed by atoms with Crippen molar-refractivity contribution in [2.24, 2.45) is 0 Å². The van der Waals surface area contributed by atoms with E-state index >= 15 is 0 Å². The third-order valence-electron chi connectivity index (χ3n) is 7.97. The van der Waals surface area contributed by atoms with Gasteiger partial charge in [0, 0.05) is 11.6 Å². The zero-order chi connectivity index (χ0) is 34.9. The molecule has 0 spiro atoms. The molecule has 0 aromatic heterocycles. The van der Waals surface area contributed by atoms with Gasteiger partial charge in [-0.1, -0.05) is 43.7 Å². The first-order valence-corrected chi connectivity index (χ1v) is 15.0. The van der Waals surface area contributed by atoms with Crippen molar-refractivity contribution in [2.75, 3.05) is 0 Å². The Morgan fingerprint density at radius 1 is 0.872 bits per heavy atom. The first-order chi connectivity index (χ1) is 21.8. The number of aryl methyl sites for hydroxylation is 1. The number of ether oxygens (including phenoxy) is 2. The molecule has 0 radical (unpaired) electrons. The normalized spacial score (nSPS) is 18.0. The van der Waals surface area contributed by atoms with Crippen molar-refractivity contribution in [3.8, 4) is 17.2 Å². The molecule has 1 aliphatic heterocycles. The number of rotatable bonds is 11. The molecular formula is C34H36F6N2O5. The second-order valence-electron chi connectivity index (χ2n) is 12.0. The van der Waals surface area contributed by atoms with E-state index in [4.69, 9.17) is 9.47 Å². The molecule has 1 saturated heterocycles. The zero-order valence-corrected chi connectivity index (χ0v) is 26.4. The van der Waals surface area contributed by atoms with E-state index in [1.54, 1.807) is 69.3 Å². The summed E-state index contributed by atoms with van der Waals surface area (Å²) in [6.07, 6.45) is -11.3. The molecule has 3 amide bonds. The summed E-state index contributed by atoms with van der Waals surface area (Å²) in [4.78, 5) is 27.7. The Morgan fingerprint density at radius 2 is 1.45 bits per heavy atom. The Labute approximate surface area is 268 Å². The Balaban J connectivity index is 1.48. The van der Waals surface area contributed by atoms with Gasteiger partial charge in [-0.3, -0.25) is 9.69 Å². The molecule has 13 heteroatoms. The van der Waals surface area contributed by atoms with Crippen LogP contribution in [0.1, 0.15) is 63.3 Å². The van der Waals surface area contributed by atoms with Gasteiger partial charge in [0.25, 0.3) is 11.5 Å². The van der Waals surface area contributed by atoms with Gasteiger partial charge in [0.15, 0.2) is 0 Å². The Bertz CT molecular complexity index is 1570. The van der Waals surface area contributed by atoms with E-state index in [1.165, 1.54) is 4.90 Å². The summed E-state index contributed by atoms with van der Waals surface area (Å²) in [5.74, 6) is 0.504. The van der Waals surface area contributed by atoms with Gasteiger partial charge in [-0.25, -0.2) is 4.79 Å². The number of alkyl halides is 6. The average molecular weight is 667 g/mol. The molecule has 1 fully saturated rings. The number of nitrogens with one attached hydrogen (secondary N) is 1. The van der Waals surface area contributed by atoms with Crippen LogP contribution in [-0.4, -0.2) is 46.4 Å². The molecule has 254 valence electrons. The number of carbonyl (C=O) groups is 2. The molecule has 2 N–H and O–H groups in total. The van der Waals surface area contributed by atoms with E-state index in [0.29, 0.717) is 36.3 Å². The van der Waals surface area contributed by atoms with E-state index < -0.39 is 47.0 Å². The van der Waals surface area contributed by atoms with Gasteiger partial charge < -0.3 is 19.9 Å². The van der Waals surface area contributed by atoms with Crippen molar-refractivity contribution in [1.29, 1.82) is 0 Å². The second kappa shape index (κ2) is 13.1. The van der Waals surface area contributed by atoms with E-state index in [-0.39, 0.29) is 29.6 Å². The predicted molar refractivity (Wildman–Crippen MR) is 161 cm³/mol. The van der Waals surface area contributed by atoms with E-state index in [1.807, 2.05) is 13.8 Å². The van der Waals surface area contributed by atoms with Crippen molar-refractivity contribution in [3.05, 3.63) is 89.0 Å². The lowest BCUT2D eigenvalue weighted by Crippen LogP contribution is -2.53. The number of amides is 3. The maximum Gasteiger partial charge on any atom is 0.430 e. The highest BCUT2D eigenvalue weighted by Crippen LogP contribution is 2.50. The van der Waals surface area contributed by atoms with Crippen LogP contribution in [0.5, 0.6) is 17.2 Å². The van der Waals surface area contributed by atoms with Gasteiger partial charge in [-0.05, 0) is 93.6 Å². The summed E-state index contributed by atoms with van der Waals surface area (Å²) < 4.78 is 92.1. The van der Waals surface area contributed by atoms with Crippen LogP contribution < -0.4 is 14.8 Å². The minimum absolute atomic E-state index is 0.0255. The van der Waals surface area contributed by atoms with Crippen molar-refractivity contribution >= 4 is 11.9 Å². The number of hydrogen-bond donors (Lipinski definition) is 2. The van der Waals surface area contributed by atoms with Gasteiger partial charge in [0.05, 0.1) is 6.10 Å². The highest BCUT2D eigenvalue weighted by atomic mass is 19.4. The third kappa shape index (κ3) is 7.04. The topological polar surface area (TPSA) is 88.1 Å².